The fourth-order valence-electron chi connectivity index (χ4n) is 2.72. The molecule has 4 nitrogen and oxygen atoms in total. The highest BCUT2D eigenvalue weighted by Crippen LogP contribution is 2.29. The van der Waals surface area contributed by atoms with Gasteiger partial charge >= 0.3 is 0 Å². The van der Waals surface area contributed by atoms with Crippen LogP contribution in [0.3, 0.4) is 0 Å². The number of nitrogens with zero attached hydrogens (tertiary/aromatic N) is 1. The third kappa shape index (κ3) is 2.25. The molecule has 0 atom stereocenters. The smallest absolute Gasteiger partial charge is 0.243 e. The number of rotatable bonds is 4. The van der Waals surface area contributed by atoms with Crippen molar-refractivity contribution in [2.75, 3.05) is 11.9 Å². The number of aromatic nitrogens is 1. The van der Waals surface area contributed by atoms with Crippen LogP contribution in [-0.4, -0.2) is 23.2 Å². The number of fused-ring (bicyclic) bond motifs is 1. The molecule has 0 saturated heterocycles. The van der Waals surface area contributed by atoms with Crippen molar-refractivity contribution in [3.05, 3.63) is 53.3 Å². The summed E-state index contributed by atoms with van der Waals surface area (Å²) in [6.07, 6.45) is 4.39. The molecule has 0 amide bonds. The van der Waals surface area contributed by atoms with E-state index in [1.807, 2.05) is 41.1 Å². The molecule has 0 spiro atoms. The number of carbonyl (C=O) groups excluding carboxylic acids is 2. The van der Waals surface area contributed by atoms with Gasteiger partial charge < -0.3 is 9.88 Å². The molecule has 0 aliphatic carbocycles. The minimum absolute atomic E-state index is 0.396. The quantitative estimate of drug-likeness (QED) is 0.526. The van der Waals surface area contributed by atoms with Gasteiger partial charge in [-0.3, -0.25) is 9.59 Å². The van der Waals surface area contributed by atoms with E-state index in [1.54, 1.807) is 0 Å². The summed E-state index contributed by atoms with van der Waals surface area (Å²) in [5, 5.41) is 3.25. The maximum atomic E-state index is 11.9. The van der Waals surface area contributed by atoms with E-state index in [1.165, 1.54) is 0 Å². The Hall–Kier alpha value is -2.36. The van der Waals surface area contributed by atoms with Crippen molar-refractivity contribution in [1.82, 2.24) is 4.57 Å². The lowest BCUT2D eigenvalue weighted by Crippen LogP contribution is -2.15. The third-order valence-electron chi connectivity index (χ3n) is 3.62. The van der Waals surface area contributed by atoms with Gasteiger partial charge in [-0.25, -0.2) is 0 Å². The number of Topliss-reactive ketones (excluding diaryl/α,β-unsaturated/α-hetero) is 1. The Morgan fingerprint density at radius 1 is 1.30 bits per heavy atom. The predicted octanol–water partition coefficient (Wildman–Crippen LogP) is 2.28. The van der Waals surface area contributed by atoms with Crippen molar-refractivity contribution in [3.8, 4) is 0 Å². The summed E-state index contributed by atoms with van der Waals surface area (Å²) in [4.78, 5) is 22.8. The molecule has 1 N–H and O–H groups in total. The van der Waals surface area contributed by atoms with Gasteiger partial charge in [0.05, 0.1) is 5.69 Å². The lowest BCUT2D eigenvalue weighted by molar-refractivity contribution is -0.104. The van der Waals surface area contributed by atoms with Crippen LogP contribution in [0.5, 0.6) is 0 Å². The Labute approximate surface area is 117 Å². The molecular weight excluding hydrogens is 252 g/mol. The van der Waals surface area contributed by atoms with Crippen LogP contribution < -0.4 is 5.32 Å². The second-order valence-electron chi connectivity index (χ2n) is 5.00. The number of aryl methyl sites for hydroxylation is 1. The minimum Gasteiger partial charge on any atom is -0.383 e. The Kier molecular flexibility index (Phi) is 3.37. The van der Waals surface area contributed by atoms with Crippen molar-refractivity contribution in [1.29, 1.82) is 0 Å². The molecule has 20 heavy (non-hydrogen) atoms. The maximum Gasteiger partial charge on any atom is 0.243 e. The van der Waals surface area contributed by atoms with E-state index in [0.717, 1.165) is 36.2 Å². The van der Waals surface area contributed by atoms with Crippen LogP contribution in [0.4, 0.5) is 5.69 Å². The first-order chi connectivity index (χ1) is 9.79. The van der Waals surface area contributed by atoms with Gasteiger partial charge in [-0.15, -0.1) is 0 Å². The molecule has 2 heterocycles. The molecule has 3 rings (SSSR count). The number of benzene rings is 1. The summed E-state index contributed by atoms with van der Waals surface area (Å²) >= 11 is 0. The van der Waals surface area contributed by atoms with E-state index in [4.69, 9.17) is 0 Å². The van der Waals surface area contributed by atoms with Crippen LogP contribution >= 0.6 is 0 Å². The Morgan fingerprint density at radius 3 is 2.85 bits per heavy atom. The van der Waals surface area contributed by atoms with E-state index in [2.05, 4.69) is 5.32 Å². The molecule has 0 saturated carbocycles. The summed E-state index contributed by atoms with van der Waals surface area (Å²) in [5.74, 6) is -0.461. The van der Waals surface area contributed by atoms with E-state index in [-0.39, 0.29) is 0 Å². The molecule has 0 unspecified atom stereocenters. The number of nitrogens with one attached hydrogen (secondary N) is 1. The van der Waals surface area contributed by atoms with E-state index < -0.39 is 5.78 Å². The fourth-order valence-corrected chi connectivity index (χ4v) is 2.72. The molecule has 2 aromatic rings. The average molecular weight is 268 g/mol. The Morgan fingerprint density at radius 2 is 2.10 bits per heavy atom. The average Bonchev–Trinajstić information content (AvgIpc) is 2.85. The summed E-state index contributed by atoms with van der Waals surface area (Å²) in [5.41, 5.74) is 3.56. The fraction of sp³-hybridized carbons (Fsp3) is 0.250. The van der Waals surface area contributed by atoms with Crippen LogP contribution in [-0.2, 0) is 17.8 Å². The lowest BCUT2D eigenvalue weighted by atomic mass is 10.1. The molecule has 102 valence electrons. The van der Waals surface area contributed by atoms with Gasteiger partial charge in [-0.2, -0.15) is 0 Å². The zero-order chi connectivity index (χ0) is 13.9. The van der Waals surface area contributed by atoms with Gasteiger partial charge in [0.2, 0.25) is 5.78 Å². The standard InChI is InChI=1S/C16H16N2O2/c19-11-14(20)16-15-13(7-4-8-17-15)10-18(16)9-12-5-2-1-3-6-12/h1-3,5-6,10-11,17H,4,7-9H2. The molecule has 1 aliphatic heterocycles. The first-order valence-electron chi connectivity index (χ1n) is 6.79. The van der Waals surface area contributed by atoms with Crippen molar-refractivity contribution < 1.29 is 9.59 Å². The monoisotopic (exact) mass is 268 g/mol. The Bertz CT molecular complexity index is 644. The number of hydrogen-bond donors (Lipinski definition) is 1. The normalized spacial score (nSPS) is 13.4. The van der Waals surface area contributed by atoms with Gasteiger partial charge in [0.1, 0.15) is 5.69 Å². The second-order valence-corrected chi connectivity index (χ2v) is 5.00. The van der Waals surface area contributed by atoms with Crippen molar-refractivity contribution in [3.63, 3.8) is 0 Å². The topological polar surface area (TPSA) is 51.1 Å². The van der Waals surface area contributed by atoms with E-state index >= 15 is 0 Å². The van der Waals surface area contributed by atoms with Crippen LogP contribution in [0.25, 0.3) is 0 Å². The minimum atomic E-state index is -0.461. The summed E-state index contributed by atoms with van der Waals surface area (Å²) < 4.78 is 1.88. The third-order valence-corrected chi connectivity index (χ3v) is 3.62. The molecule has 4 heteroatoms. The van der Waals surface area contributed by atoms with Crippen molar-refractivity contribution in [2.24, 2.45) is 0 Å². The zero-order valence-corrected chi connectivity index (χ0v) is 11.1. The molecule has 1 aromatic heterocycles. The molecule has 1 aliphatic rings. The highest BCUT2D eigenvalue weighted by molar-refractivity contribution is 6.34. The van der Waals surface area contributed by atoms with Crippen molar-refractivity contribution >= 4 is 17.8 Å². The van der Waals surface area contributed by atoms with E-state index in [0.29, 0.717) is 18.5 Å². The molecule has 0 bridgehead atoms. The number of aldehydes is 1. The number of hydrogen-bond acceptors (Lipinski definition) is 3. The van der Waals surface area contributed by atoms with Crippen LogP contribution in [0, 0.1) is 0 Å². The summed E-state index contributed by atoms with van der Waals surface area (Å²) in [6.45, 7) is 1.45. The van der Waals surface area contributed by atoms with Crippen molar-refractivity contribution in [2.45, 2.75) is 19.4 Å². The number of carbonyl (C=O) groups is 2. The van der Waals surface area contributed by atoms with E-state index in [9.17, 15) is 9.59 Å². The number of anilines is 1. The maximum absolute atomic E-state index is 11.9. The SMILES string of the molecule is O=CC(=O)c1c2c(cn1Cc1ccccc1)CCCN2. The largest absolute Gasteiger partial charge is 0.383 e. The molecular formula is C16H16N2O2. The van der Waals surface area contributed by atoms with Crippen LogP contribution in [0.2, 0.25) is 0 Å². The molecule has 1 aromatic carbocycles. The highest BCUT2D eigenvalue weighted by Gasteiger charge is 2.23. The number of ketones is 1. The predicted molar refractivity (Wildman–Crippen MR) is 77.2 cm³/mol. The van der Waals surface area contributed by atoms with Gasteiger partial charge in [0, 0.05) is 19.3 Å². The summed E-state index contributed by atoms with van der Waals surface area (Å²) in [6, 6.07) is 9.93. The lowest BCUT2D eigenvalue weighted by Gasteiger charge is -2.14. The zero-order valence-electron chi connectivity index (χ0n) is 11.1. The van der Waals surface area contributed by atoms with Gasteiger partial charge in [-0.1, -0.05) is 30.3 Å². The molecule has 0 radical (unpaired) electrons. The van der Waals surface area contributed by atoms with Gasteiger partial charge in [-0.05, 0) is 24.0 Å². The highest BCUT2D eigenvalue weighted by atomic mass is 16.2. The van der Waals surface area contributed by atoms with Crippen LogP contribution in [0.15, 0.2) is 36.5 Å². The molecule has 0 fully saturated rings. The first kappa shape index (κ1) is 12.7. The second kappa shape index (κ2) is 5.33. The Balaban J connectivity index is 2.03. The van der Waals surface area contributed by atoms with Gasteiger partial charge in [0.25, 0.3) is 0 Å². The first-order valence-corrected chi connectivity index (χ1v) is 6.79. The van der Waals surface area contributed by atoms with Gasteiger partial charge in [0.15, 0.2) is 6.29 Å². The van der Waals surface area contributed by atoms with Crippen LogP contribution in [0.1, 0.15) is 28.0 Å². The summed E-state index contributed by atoms with van der Waals surface area (Å²) in [7, 11) is 0.